The molecule has 4 rings (SSSR count). The maximum Gasteiger partial charge on any atom is 0.159 e. The van der Waals surface area contributed by atoms with Gasteiger partial charge >= 0.3 is 0 Å². The van der Waals surface area contributed by atoms with E-state index in [-0.39, 0.29) is 0 Å². The van der Waals surface area contributed by atoms with Gasteiger partial charge < -0.3 is 0 Å². The van der Waals surface area contributed by atoms with Gasteiger partial charge in [-0.15, -0.1) is 0 Å². The molecule has 0 spiro atoms. The fourth-order valence-electron chi connectivity index (χ4n) is 4.49. The molecule has 3 aromatic rings. The molecule has 1 aliphatic carbocycles. The summed E-state index contributed by atoms with van der Waals surface area (Å²) in [4.78, 5) is 8.68. The Balaban J connectivity index is 1.41. The van der Waals surface area contributed by atoms with E-state index in [1.54, 1.807) is 12.4 Å². The summed E-state index contributed by atoms with van der Waals surface area (Å²) in [5, 5.41) is 0. The minimum atomic E-state index is -0.893. The van der Waals surface area contributed by atoms with Gasteiger partial charge in [-0.2, -0.15) is 0 Å². The van der Waals surface area contributed by atoms with Crippen molar-refractivity contribution in [3.63, 3.8) is 0 Å². The highest BCUT2D eigenvalue weighted by molar-refractivity contribution is 5.64. The molecule has 0 N–H and O–H groups in total. The van der Waals surface area contributed by atoms with Crippen molar-refractivity contribution in [3.8, 4) is 22.5 Å². The molecule has 1 aliphatic rings. The number of hydrogen-bond donors (Lipinski definition) is 0. The summed E-state index contributed by atoms with van der Waals surface area (Å²) in [6.07, 6.45) is 12.8. The summed E-state index contributed by atoms with van der Waals surface area (Å²) in [5.74, 6) is 0.212. The first-order chi connectivity index (χ1) is 14.6. The Labute approximate surface area is 177 Å². The van der Waals surface area contributed by atoms with Crippen molar-refractivity contribution in [1.82, 2.24) is 9.97 Å². The molecule has 2 aromatic carbocycles. The summed E-state index contributed by atoms with van der Waals surface area (Å²) in [6.45, 7) is 2.27. The largest absolute Gasteiger partial charge is 0.236 e. The number of halogens is 2. The normalized spacial score (nSPS) is 19.0. The molecule has 0 saturated heterocycles. The van der Waals surface area contributed by atoms with Gasteiger partial charge in [-0.1, -0.05) is 50.5 Å². The van der Waals surface area contributed by atoms with Crippen LogP contribution in [0.25, 0.3) is 22.5 Å². The second kappa shape index (κ2) is 9.46. The molecule has 0 radical (unpaired) electrons. The lowest BCUT2D eigenvalue weighted by Gasteiger charge is -2.29. The predicted molar refractivity (Wildman–Crippen MR) is 117 cm³/mol. The molecule has 1 fully saturated rings. The molecule has 1 saturated carbocycles. The smallest absolute Gasteiger partial charge is 0.159 e. The Morgan fingerprint density at radius 3 is 2.10 bits per heavy atom. The van der Waals surface area contributed by atoms with Crippen LogP contribution in [0, 0.1) is 17.6 Å². The molecule has 0 bridgehead atoms. The fraction of sp³-hybridized carbons (Fsp3) is 0.385. The third kappa shape index (κ3) is 4.75. The molecular weight excluding hydrogens is 378 g/mol. The van der Waals surface area contributed by atoms with Gasteiger partial charge in [0.2, 0.25) is 0 Å². The highest BCUT2D eigenvalue weighted by atomic mass is 19.2. The van der Waals surface area contributed by atoms with Crippen molar-refractivity contribution in [2.24, 2.45) is 5.92 Å². The third-order valence-electron chi connectivity index (χ3n) is 6.36. The van der Waals surface area contributed by atoms with E-state index in [4.69, 9.17) is 0 Å². The van der Waals surface area contributed by atoms with Gasteiger partial charge in [-0.25, -0.2) is 18.7 Å². The van der Waals surface area contributed by atoms with Crippen LogP contribution in [0.1, 0.15) is 63.4 Å². The van der Waals surface area contributed by atoms with Gasteiger partial charge in [-0.05, 0) is 66.8 Å². The van der Waals surface area contributed by atoms with Gasteiger partial charge in [0.25, 0.3) is 0 Å². The average Bonchev–Trinajstić information content (AvgIpc) is 2.80. The van der Waals surface area contributed by atoms with Crippen LogP contribution in [0.5, 0.6) is 0 Å². The molecular formula is C26H28F2N2. The summed E-state index contributed by atoms with van der Waals surface area (Å²) >= 11 is 0. The van der Waals surface area contributed by atoms with Crippen LogP contribution < -0.4 is 0 Å². The quantitative estimate of drug-likeness (QED) is 0.422. The minimum absolute atomic E-state index is 0.383. The second-order valence-corrected chi connectivity index (χ2v) is 8.41. The van der Waals surface area contributed by atoms with Crippen LogP contribution in [0.15, 0.2) is 54.9 Å². The van der Waals surface area contributed by atoms with E-state index in [0.717, 1.165) is 29.2 Å². The van der Waals surface area contributed by atoms with E-state index in [1.165, 1.54) is 56.6 Å². The van der Waals surface area contributed by atoms with Crippen molar-refractivity contribution in [1.29, 1.82) is 0 Å². The SMILES string of the molecule is CCCC[C@H]1CC[C@H](c2ccc(-c3cnc(-c4ccc(F)c(F)c4)nc3)cc2)CC1. The maximum absolute atomic E-state index is 13.4. The highest BCUT2D eigenvalue weighted by Crippen LogP contribution is 2.38. The first-order valence-corrected chi connectivity index (χ1v) is 11.0. The number of rotatable bonds is 6. The summed E-state index contributed by atoms with van der Waals surface area (Å²) in [7, 11) is 0. The summed E-state index contributed by atoms with van der Waals surface area (Å²) in [6, 6.07) is 12.4. The Kier molecular flexibility index (Phi) is 6.51. The number of aromatic nitrogens is 2. The molecule has 30 heavy (non-hydrogen) atoms. The zero-order valence-electron chi connectivity index (χ0n) is 17.5. The van der Waals surface area contributed by atoms with E-state index in [1.807, 2.05) is 0 Å². The number of benzene rings is 2. The van der Waals surface area contributed by atoms with Crippen LogP contribution in [-0.2, 0) is 0 Å². The van der Waals surface area contributed by atoms with Crippen molar-refractivity contribution >= 4 is 0 Å². The van der Waals surface area contributed by atoms with E-state index >= 15 is 0 Å². The molecule has 1 aromatic heterocycles. The molecule has 0 aliphatic heterocycles. The average molecular weight is 407 g/mol. The lowest BCUT2D eigenvalue weighted by atomic mass is 9.77. The second-order valence-electron chi connectivity index (χ2n) is 8.41. The van der Waals surface area contributed by atoms with Gasteiger partial charge in [-0.3, -0.25) is 0 Å². The van der Waals surface area contributed by atoms with E-state index in [9.17, 15) is 8.78 Å². The van der Waals surface area contributed by atoms with E-state index in [2.05, 4.69) is 41.2 Å². The third-order valence-corrected chi connectivity index (χ3v) is 6.36. The monoisotopic (exact) mass is 406 g/mol. The molecule has 4 heteroatoms. The number of hydrogen-bond acceptors (Lipinski definition) is 2. The van der Waals surface area contributed by atoms with Crippen LogP contribution in [0.3, 0.4) is 0 Å². The Bertz CT molecular complexity index is 959. The number of nitrogens with zero attached hydrogens (tertiary/aromatic N) is 2. The lowest BCUT2D eigenvalue weighted by molar-refractivity contribution is 0.304. The van der Waals surface area contributed by atoms with Gasteiger partial charge in [0, 0.05) is 23.5 Å². The van der Waals surface area contributed by atoms with Crippen LogP contribution in [-0.4, -0.2) is 9.97 Å². The molecule has 0 amide bonds. The van der Waals surface area contributed by atoms with Crippen molar-refractivity contribution < 1.29 is 8.78 Å². The van der Waals surface area contributed by atoms with Crippen LogP contribution in [0.4, 0.5) is 8.78 Å². The lowest BCUT2D eigenvalue weighted by Crippen LogP contribution is -2.13. The molecule has 0 atom stereocenters. The Morgan fingerprint density at radius 1 is 0.800 bits per heavy atom. The highest BCUT2D eigenvalue weighted by Gasteiger charge is 2.22. The summed E-state index contributed by atoms with van der Waals surface area (Å²) < 4.78 is 26.6. The zero-order valence-corrected chi connectivity index (χ0v) is 17.5. The predicted octanol–water partition coefficient (Wildman–Crippen LogP) is 7.55. The first kappa shape index (κ1) is 20.6. The standard InChI is InChI=1S/C26H28F2N2/c1-2-3-4-18-5-7-19(8-6-18)20-9-11-21(12-10-20)23-16-29-26(30-17-23)22-13-14-24(27)25(28)15-22/h9-19H,2-8H2,1H3/t18-,19-. The van der Waals surface area contributed by atoms with Crippen LogP contribution in [0.2, 0.25) is 0 Å². The Morgan fingerprint density at radius 2 is 1.47 bits per heavy atom. The minimum Gasteiger partial charge on any atom is -0.236 e. The Hall–Kier alpha value is -2.62. The van der Waals surface area contributed by atoms with Crippen molar-refractivity contribution in [2.75, 3.05) is 0 Å². The van der Waals surface area contributed by atoms with Gasteiger partial charge in [0.15, 0.2) is 17.5 Å². The first-order valence-electron chi connectivity index (χ1n) is 11.0. The topological polar surface area (TPSA) is 25.8 Å². The molecule has 0 unspecified atom stereocenters. The molecule has 1 heterocycles. The molecule has 156 valence electrons. The van der Waals surface area contributed by atoms with E-state index < -0.39 is 11.6 Å². The molecule has 2 nitrogen and oxygen atoms in total. The van der Waals surface area contributed by atoms with Gasteiger partial charge in [0.1, 0.15) is 0 Å². The van der Waals surface area contributed by atoms with Gasteiger partial charge in [0.05, 0.1) is 0 Å². The van der Waals surface area contributed by atoms with Crippen LogP contribution >= 0.6 is 0 Å². The van der Waals surface area contributed by atoms with E-state index in [0.29, 0.717) is 17.3 Å². The van der Waals surface area contributed by atoms with Crippen molar-refractivity contribution in [2.45, 2.75) is 57.8 Å². The summed E-state index contributed by atoms with van der Waals surface area (Å²) in [5.41, 5.74) is 3.86. The number of unbranched alkanes of at least 4 members (excludes halogenated alkanes) is 1. The maximum atomic E-state index is 13.4. The fourth-order valence-corrected chi connectivity index (χ4v) is 4.49. The van der Waals surface area contributed by atoms with Crippen molar-refractivity contribution in [3.05, 3.63) is 72.1 Å². The zero-order chi connectivity index (χ0) is 20.9.